The fourth-order valence-corrected chi connectivity index (χ4v) is 1.56. The van der Waals surface area contributed by atoms with E-state index in [1.165, 1.54) is 10.9 Å². The van der Waals surface area contributed by atoms with Crippen LogP contribution in [0.3, 0.4) is 0 Å². The minimum atomic E-state index is -0.461. The first kappa shape index (κ1) is 12.0. The second-order valence-corrected chi connectivity index (χ2v) is 3.83. The van der Waals surface area contributed by atoms with Crippen LogP contribution in [0.25, 0.3) is 0 Å². The standard InChI is InChI=1S/C9H13N7O2/c1-14-6-11-12-8(14)3-4-10-9-7(16(17)18)5-15(2)13-9/h5-6H,3-4H2,1-2H3,(H,10,13). The summed E-state index contributed by atoms with van der Waals surface area (Å²) in [5.41, 5.74) is -0.0320. The topological polar surface area (TPSA) is 104 Å². The van der Waals surface area contributed by atoms with Crippen molar-refractivity contribution in [2.24, 2.45) is 14.1 Å². The van der Waals surface area contributed by atoms with Gasteiger partial charge >= 0.3 is 5.69 Å². The number of nitro groups is 1. The molecule has 96 valence electrons. The first-order chi connectivity index (χ1) is 8.58. The average molecular weight is 251 g/mol. The van der Waals surface area contributed by atoms with Crippen LogP contribution in [0.15, 0.2) is 12.5 Å². The van der Waals surface area contributed by atoms with Gasteiger partial charge in [-0.05, 0) is 0 Å². The second kappa shape index (κ2) is 4.82. The van der Waals surface area contributed by atoms with Gasteiger partial charge in [-0.2, -0.15) is 0 Å². The van der Waals surface area contributed by atoms with Gasteiger partial charge in [0, 0.05) is 27.1 Å². The molecule has 0 unspecified atom stereocenters. The summed E-state index contributed by atoms with van der Waals surface area (Å²) in [6.07, 6.45) is 3.59. The SMILES string of the molecule is Cn1cc([N+](=O)[O-])c(NCCc2nncn2C)n1. The Morgan fingerprint density at radius 2 is 2.28 bits per heavy atom. The minimum absolute atomic E-state index is 0.0320. The van der Waals surface area contributed by atoms with Crippen molar-refractivity contribution in [2.75, 3.05) is 11.9 Å². The van der Waals surface area contributed by atoms with Crippen molar-refractivity contribution < 1.29 is 4.92 Å². The number of nitrogens with zero attached hydrogens (tertiary/aromatic N) is 6. The van der Waals surface area contributed by atoms with E-state index in [2.05, 4.69) is 20.6 Å². The quantitative estimate of drug-likeness (QED) is 0.597. The Balaban J connectivity index is 1.98. The predicted octanol–water partition coefficient (Wildman–Crippen LogP) is 0.111. The lowest BCUT2D eigenvalue weighted by atomic mass is 10.4. The van der Waals surface area contributed by atoms with E-state index in [0.29, 0.717) is 13.0 Å². The highest BCUT2D eigenvalue weighted by Gasteiger charge is 2.17. The molecule has 9 nitrogen and oxygen atoms in total. The molecule has 0 saturated heterocycles. The molecular formula is C9H13N7O2. The first-order valence-corrected chi connectivity index (χ1v) is 5.32. The van der Waals surface area contributed by atoms with Gasteiger partial charge in [-0.15, -0.1) is 15.3 Å². The van der Waals surface area contributed by atoms with E-state index in [1.807, 2.05) is 7.05 Å². The molecule has 1 N–H and O–H groups in total. The molecule has 2 rings (SSSR count). The van der Waals surface area contributed by atoms with Crippen LogP contribution in [0.4, 0.5) is 11.5 Å². The third-order valence-electron chi connectivity index (χ3n) is 2.45. The Morgan fingerprint density at radius 3 is 2.89 bits per heavy atom. The van der Waals surface area contributed by atoms with Crippen molar-refractivity contribution in [2.45, 2.75) is 6.42 Å². The van der Waals surface area contributed by atoms with Crippen LogP contribution in [0.1, 0.15) is 5.82 Å². The highest BCUT2D eigenvalue weighted by Crippen LogP contribution is 2.20. The summed E-state index contributed by atoms with van der Waals surface area (Å²) in [4.78, 5) is 10.3. The molecule has 0 aliphatic carbocycles. The highest BCUT2D eigenvalue weighted by atomic mass is 16.6. The van der Waals surface area contributed by atoms with E-state index >= 15 is 0 Å². The van der Waals surface area contributed by atoms with Gasteiger partial charge in [0.05, 0.1) is 4.92 Å². The maximum atomic E-state index is 10.8. The van der Waals surface area contributed by atoms with Crippen LogP contribution in [-0.4, -0.2) is 36.0 Å². The van der Waals surface area contributed by atoms with Gasteiger partial charge in [-0.1, -0.05) is 0 Å². The number of rotatable bonds is 5. The second-order valence-electron chi connectivity index (χ2n) is 3.83. The Kier molecular flexibility index (Phi) is 3.22. The van der Waals surface area contributed by atoms with Crippen LogP contribution in [0, 0.1) is 10.1 Å². The fraction of sp³-hybridized carbons (Fsp3) is 0.444. The molecule has 2 heterocycles. The van der Waals surface area contributed by atoms with Crippen molar-refractivity contribution in [1.82, 2.24) is 24.5 Å². The molecule has 0 bridgehead atoms. The lowest BCUT2D eigenvalue weighted by Gasteiger charge is -2.02. The third-order valence-corrected chi connectivity index (χ3v) is 2.45. The zero-order chi connectivity index (χ0) is 13.1. The van der Waals surface area contributed by atoms with Crippen molar-refractivity contribution in [3.63, 3.8) is 0 Å². The molecule has 0 aliphatic heterocycles. The summed E-state index contributed by atoms with van der Waals surface area (Å²) in [6.45, 7) is 0.504. The van der Waals surface area contributed by atoms with Gasteiger partial charge in [0.15, 0.2) is 0 Å². The Hall–Kier alpha value is -2.45. The van der Waals surface area contributed by atoms with E-state index in [1.54, 1.807) is 17.9 Å². The van der Waals surface area contributed by atoms with Crippen LogP contribution in [0.5, 0.6) is 0 Å². The predicted molar refractivity (Wildman–Crippen MR) is 63.1 cm³/mol. The Morgan fingerprint density at radius 1 is 1.50 bits per heavy atom. The van der Waals surface area contributed by atoms with E-state index in [4.69, 9.17) is 0 Å². The molecule has 2 aromatic heterocycles. The number of hydrogen-bond donors (Lipinski definition) is 1. The molecule has 0 amide bonds. The van der Waals surface area contributed by atoms with Crippen LogP contribution < -0.4 is 5.32 Å². The van der Waals surface area contributed by atoms with E-state index in [-0.39, 0.29) is 11.5 Å². The van der Waals surface area contributed by atoms with Crippen LogP contribution in [-0.2, 0) is 20.5 Å². The molecule has 0 radical (unpaired) electrons. The van der Waals surface area contributed by atoms with Gasteiger partial charge < -0.3 is 9.88 Å². The van der Waals surface area contributed by atoms with Gasteiger partial charge in [0.1, 0.15) is 18.3 Å². The summed E-state index contributed by atoms with van der Waals surface area (Å²) in [6, 6.07) is 0. The molecule has 0 saturated carbocycles. The third kappa shape index (κ3) is 2.44. The van der Waals surface area contributed by atoms with E-state index in [0.717, 1.165) is 5.82 Å². The van der Waals surface area contributed by atoms with Crippen LogP contribution in [0.2, 0.25) is 0 Å². The smallest absolute Gasteiger partial charge is 0.330 e. The summed E-state index contributed by atoms with van der Waals surface area (Å²) in [5.74, 6) is 1.07. The molecular weight excluding hydrogens is 238 g/mol. The Labute approximate surface area is 103 Å². The molecule has 0 fully saturated rings. The summed E-state index contributed by atoms with van der Waals surface area (Å²) >= 11 is 0. The molecule has 0 aliphatic rings. The van der Waals surface area contributed by atoms with Gasteiger partial charge in [0.2, 0.25) is 5.82 Å². The molecule has 0 atom stereocenters. The lowest BCUT2D eigenvalue weighted by molar-refractivity contribution is -0.384. The van der Waals surface area contributed by atoms with Crippen molar-refractivity contribution in [1.29, 1.82) is 0 Å². The molecule has 9 heteroatoms. The zero-order valence-corrected chi connectivity index (χ0v) is 10.1. The number of anilines is 1. The van der Waals surface area contributed by atoms with Crippen molar-refractivity contribution in [3.05, 3.63) is 28.5 Å². The number of aryl methyl sites for hydroxylation is 2. The highest BCUT2D eigenvalue weighted by molar-refractivity contribution is 5.54. The van der Waals surface area contributed by atoms with Crippen LogP contribution >= 0.6 is 0 Å². The van der Waals surface area contributed by atoms with Gasteiger partial charge in [-0.25, -0.2) is 0 Å². The number of aromatic nitrogens is 5. The zero-order valence-electron chi connectivity index (χ0n) is 10.1. The number of nitrogens with one attached hydrogen (secondary N) is 1. The largest absolute Gasteiger partial charge is 0.362 e. The molecule has 2 aromatic rings. The van der Waals surface area contributed by atoms with Crippen molar-refractivity contribution in [3.8, 4) is 0 Å². The summed E-state index contributed by atoms with van der Waals surface area (Å²) < 4.78 is 3.21. The normalized spacial score (nSPS) is 10.6. The average Bonchev–Trinajstić information content (AvgIpc) is 2.86. The maximum Gasteiger partial charge on any atom is 0.330 e. The Bertz CT molecular complexity index is 559. The van der Waals surface area contributed by atoms with Crippen molar-refractivity contribution >= 4 is 11.5 Å². The molecule has 0 spiro atoms. The van der Waals surface area contributed by atoms with E-state index < -0.39 is 4.92 Å². The fourth-order valence-electron chi connectivity index (χ4n) is 1.56. The minimum Gasteiger partial charge on any atom is -0.362 e. The first-order valence-electron chi connectivity index (χ1n) is 5.32. The lowest BCUT2D eigenvalue weighted by Crippen LogP contribution is -2.10. The summed E-state index contributed by atoms with van der Waals surface area (Å²) in [5, 5.41) is 25.4. The van der Waals surface area contributed by atoms with Gasteiger partial charge in [-0.3, -0.25) is 14.8 Å². The maximum absolute atomic E-state index is 10.8. The monoisotopic (exact) mass is 251 g/mol. The molecule has 0 aromatic carbocycles. The summed E-state index contributed by atoms with van der Waals surface area (Å²) in [7, 11) is 3.49. The van der Waals surface area contributed by atoms with E-state index in [9.17, 15) is 10.1 Å². The number of hydrogen-bond acceptors (Lipinski definition) is 6. The molecule has 18 heavy (non-hydrogen) atoms. The van der Waals surface area contributed by atoms with Gasteiger partial charge in [0.25, 0.3) is 0 Å².